The Morgan fingerprint density at radius 1 is 0.947 bits per heavy atom. The molecular weight excluding hydrogens is 236 g/mol. The van der Waals surface area contributed by atoms with Crippen LogP contribution in [0.1, 0.15) is 0 Å². The van der Waals surface area contributed by atoms with Crippen molar-refractivity contribution in [1.82, 2.24) is 14.8 Å². The van der Waals surface area contributed by atoms with E-state index in [9.17, 15) is 0 Å². The Bertz CT molecular complexity index is 701. The van der Waals surface area contributed by atoms with Crippen LogP contribution in [0.25, 0.3) is 22.8 Å². The second kappa shape index (κ2) is 4.57. The number of aryl methyl sites for hydroxylation is 1. The maximum atomic E-state index is 5.99. The molecule has 0 amide bonds. The molecule has 19 heavy (non-hydrogen) atoms. The Morgan fingerprint density at radius 2 is 1.63 bits per heavy atom. The monoisotopic (exact) mass is 250 g/mol. The lowest BCUT2D eigenvalue weighted by molar-refractivity contribution is 0.777. The van der Waals surface area contributed by atoms with Crippen molar-refractivity contribution in [3.8, 4) is 22.8 Å². The summed E-state index contributed by atoms with van der Waals surface area (Å²) in [5.41, 5.74) is 8.60. The molecule has 0 bridgehead atoms. The first-order chi connectivity index (χ1) is 9.25. The van der Waals surface area contributed by atoms with E-state index in [1.54, 1.807) is 4.68 Å². The summed E-state index contributed by atoms with van der Waals surface area (Å²) in [6, 6.07) is 17.6. The van der Waals surface area contributed by atoms with Crippen LogP contribution in [0.5, 0.6) is 0 Å². The zero-order valence-corrected chi connectivity index (χ0v) is 10.6. The van der Waals surface area contributed by atoms with Gasteiger partial charge >= 0.3 is 0 Å². The Kier molecular flexibility index (Phi) is 2.76. The van der Waals surface area contributed by atoms with Gasteiger partial charge in [0.1, 0.15) is 0 Å². The minimum Gasteiger partial charge on any atom is -0.398 e. The number of nitrogens with two attached hydrogens (primary N) is 1. The predicted octanol–water partition coefficient (Wildman–Crippen LogP) is 2.73. The molecule has 0 aliphatic carbocycles. The highest BCUT2D eigenvalue weighted by atomic mass is 15.3. The molecule has 0 saturated carbocycles. The summed E-state index contributed by atoms with van der Waals surface area (Å²) in [6.45, 7) is 0. The van der Waals surface area contributed by atoms with E-state index in [4.69, 9.17) is 5.73 Å². The van der Waals surface area contributed by atoms with Crippen LogP contribution in [-0.2, 0) is 7.05 Å². The molecule has 4 heteroatoms. The van der Waals surface area contributed by atoms with Crippen LogP contribution in [-0.4, -0.2) is 14.8 Å². The van der Waals surface area contributed by atoms with Crippen molar-refractivity contribution in [3.63, 3.8) is 0 Å². The molecule has 0 aliphatic heterocycles. The van der Waals surface area contributed by atoms with Crippen LogP contribution in [0.4, 0.5) is 5.69 Å². The van der Waals surface area contributed by atoms with E-state index >= 15 is 0 Å². The summed E-state index contributed by atoms with van der Waals surface area (Å²) < 4.78 is 1.76. The largest absolute Gasteiger partial charge is 0.398 e. The molecule has 4 nitrogen and oxygen atoms in total. The van der Waals surface area contributed by atoms with E-state index in [1.807, 2.05) is 61.6 Å². The molecule has 1 heterocycles. The summed E-state index contributed by atoms with van der Waals surface area (Å²) in [7, 11) is 1.88. The third kappa shape index (κ3) is 2.08. The third-order valence-electron chi connectivity index (χ3n) is 3.00. The Balaban J connectivity index is 2.11. The topological polar surface area (TPSA) is 56.7 Å². The molecular formula is C15H14N4. The zero-order chi connectivity index (χ0) is 13.2. The van der Waals surface area contributed by atoms with Crippen LogP contribution in [0, 0.1) is 0 Å². The van der Waals surface area contributed by atoms with Crippen LogP contribution in [0.15, 0.2) is 54.6 Å². The number of nitrogen functional groups attached to an aromatic ring is 1. The van der Waals surface area contributed by atoms with Crippen molar-refractivity contribution in [1.29, 1.82) is 0 Å². The van der Waals surface area contributed by atoms with Crippen LogP contribution in [0.2, 0.25) is 0 Å². The first-order valence-electron chi connectivity index (χ1n) is 6.07. The zero-order valence-electron chi connectivity index (χ0n) is 10.6. The lowest BCUT2D eigenvalue weighted by atomic mass is 10.1. The minimum absolute atomic E-state index is 0.706. The molecule has 0 aliphatic rings. The minimum atomic E-state index is 0.706. The van der Waals surface area contributed by atoms with Crippen LogP contribution in [0.3, 0.4) is 0 Å². The number of rotatable bonds is 2. The molecule has 0 spiro atoms. The number of anilines is 1. The average molecular weight is 250 g/mol. The molecule has 0 saturated heterocycles. The van der Waals surface area contributed by atoms with Crippen LogP contribution < -0.4 is 5.73 Å². The highest BCUT2D eigenvalue weighted by Crippen LogP contribution is 2.25. The van der Waals surface area contributed by atoms with Gasteiger partial charge in [0.2, 0.25) is 0 Å². The van der Waals surface area contributed by atoms with Crippen molar-refractivity contribution < 1.29 is 0 Å². The standard InChI is InChI=1S/C15H14N4/c1-19-15(12-9-5-6-10-13(12)16)17-14(18-19)11-7-3-2-4-8-11/h2-10H,16H2,1H3. The summed E-state index contributed by atoms with van der Waals surface area (Å²) in [5.74, 6) is 1.48. The normalized spacial score (nSPS) is 10.6. The van der Waals surface area contributed by atoms with E-state index in [1.165, 1.54) is 0 Å². The lowest BCUT2D eigenvalue weighted by Gasteiger charge is -2.02. The molecule has 3 aromatic rings. The van der Waals surface area contributed by atoms with Gasteiger partial charge < -0.3 is 5.73 Å². The van der Waals surface area contributed by atoms with Gasteiger partial charge in [-0.25, -0.2) is 9.67 Å². The molecule has 2 N–H and O–H groups in total. The van der Waals surface area contributed by atoms with Gasteiger partial charge in [-0.2, -0.15) is 5.10 Å². The highest BCUT2D eigenvalue weighted by Gasteiger charge is 2.12. The van der Waals surface area contributed by atoms with Crippen molar-refractivity contribution in [2.75, 3.05) is 5.73 Å². The van der Waals surface area contributed by atoms with Gasteiger partial charge in [0.15, 0.2) is 11.6 Å². The van der Waals surface area contributed by atoms with E-state index in [-0.39, 0.29) is 0 Å². The number of aromatic nitrogens is 3. The summed E-state index contributed by atoms with van der Waals surface area (Å²) in [5, 5.41) is 4.45. The smallest absolute Gasteiger partial charge is 0.181 e. The second-order valence-electron chi connectivity index (χ2n) is 4.34. The van der Waals surface area contributed by atoms with Gasteiger partial charge in [-0.3, -0.25) is 0 Å². The molecule has 2 aromatic carbocycles. The molecule has 1 aromatic heterocycles. The van der Waals surface area contributed by atoms with Gasteiger partial charge in [-0.1, -0.05) is 42.5 Å². The first-order valence-corrected chi connectivity index (χ1v) is 6.07. The molecule has 0 unspecified atom stereocenters. The van der Waals surface area contributed by atoms with Gasteiger partial charge in [0, 0.05) is 23.9 Å². The Labute approximate surface area is 111 Å². The Hall–Kier alpha value is -2.62. The quantitative estimate of drug-likeness (QED) is 0.711. The third-order valence-corrected chi connectivity index (χ3v) is 3.00. The van der Waals surface area contributed by atoms with E-state index in [0.29, 0.717) is 11.5 Å². The fraction of sp³-hybridized carbons (Fsp3) is 0.0667. The SMILES string of the molecule is Cn1nc(-c2ccccc2)nc1-c1ccccc1N. The number of para-hydroxylation sites is 1. The van der Waals surface area contributed by atoms with E-state index in [2.05, 4.69) is 10.1 Å². The maximum Gasteiger partial charge on any atom is 0.181 e. The fourth-order valence-electron chi connectivity index (χ4n) is 2.03. The lowest BCUT2D eigenvalue weighted by Crippen LogP contribution is -1.97. The number of hydrogen-bond acceptors (Lipinski definition) is 3. The first kappa shape index (κ1) is 11.5. The number of benzene rings is 2. The molecule has 3 rings (SSSR count). The average Bonchev–Trinajstić information content (AvgIpc) is 2.82. The number of nitrogens with zero attached hydrogens (tertiary/aromatic N) is 3. The van der Waals surface area contributed by atoms with Gasteiger partial charge in [-0.05, 0) is 12.1 Å². The van der Waals surface area contributed by atoms with Gasteiger partial charge in [0.25, 0.3) is 0 Å². The second-order valence-corrected chi connectivity index (χ2v) is 4.34. The fourth-order valence-corrected chi connectivity index (χ4v) is 2.03. The molecule has 0 radical (unpaired) electrons. The van der Waals surface area contributed by atoms with Crippen molar-refractivity contribution in [3.05, 3.63) is 54.6 Å². The van der Waals surface area contributed by atoms with Crippen LogP contribution >= 0.6 is 0 Å². The maximum absolute atomic E-state index is 5.99. The molecule has 0 fully saturated rings. The van der Waals surface area contributed by atoms with Crippen molar-refractivity contribution >= 4 is 5.69 Å². The summed E-state index contributed by atoms with van der Waals surface area (Å²) >= 11 is 0. The number of hydrogen-bond donors (Lipinski definition) is 1. The Morgan fingerprint density at radius 3 is 2.37 bits per heavy atom. The van der Waals surface area contributed by atoms with Crippen molar-refractivity contribution in [2.24, 2.45) is 7.05 Å². The molecule has 94 valence electrons. The van der Waals surface area contributed by atoms with Crippen molar-refractivity contribution in [2.45, 2.75) is 0 Å². The highest BCUT2D eigenvalue weighted by molar-refractivity contribution is 5.72. The van der Waals surface area contributed by atoms with Gasteiger partial charge in [0.05, 0.1) is 0 Å². The predicted molar refractivity (Wildman–Crippen MR) is 76.3 cm³/mol. The summed E-state index contributed by atoms with van der Waals surface area (Å²) in [4.78, 5) is 4.58. The summed E-state index contributed by atoms with van der Waals surface area (Å²) in [6.07, 6.45) is 0. The van der Waals surface area contributed by atoms with E-state index in [0.717, 1.165) is 17.0 Å². The van der Waals surface area contributed by atoms with Gasteiger partial charge in [-0.15, -0.1) is 0 Å². The molecule has 0 atom stereocenters. The van der Waals surface area contributed by atoms with E-state index < -0.39 is 0 Å².